The summed E-state index contributed by atoms with van der Waals surface area (Å²) in [5.41, 5.74) is 1.31. The van der Waals surface area contributed by atoms with Gasteiger partial charge < -0.3 is 4.52 Å². The summed E-state index contributed by atoms with van der Waals surface area (Å²) in [7, 11) is -3.64. The Balaban J connectivity index is 2.32. The summed E-state index contributed by atoms with van der Waals surface area (Å²) in [4.78, 5) is 0.131. The highest BCUT2D eigenvalue weighted by Crippen LogP contribution is 2.23. The van der Waals surface area contributed by atoms with E-state index in [-0.39, 0.29) is 10.9 Å². The van der Waals surface area contributed by atoms with Crippen LogP contribution >= 0.6 is 0 Å². The van der Waals surface area contributed by atoms with Gasteiger partial charge in [0.15, 0.2) is 5.76 Å². The molecule has 1 heterocycles. The molecule has 108 valence electrons. The van der Waals surface area contributed by atoms with Gasteiger partial charge in [-0.05, 0) is 25.8 Å². The molecule has 0 radical (unpaired) electrons. The fourth-order valence-electron chi connectivity index (χ4n) is 2.18. The van der Waals surface area contributed by atoms with Gasteiger partial charge in [-0.3, -0.25) is 0 Å². The molecule has 6 heteroatoms. The minimum absolute atomic E-state index is 0.131. The molecule has 0 spiro atoms. The maximum atomic E-state index is 12.5. The Kier molecular flexibility index (Phi) is 4.25. The summed E-state index contributed by atoms with van der Waals surface area (Å²) in [6.45, 7) is 5.15. The molecule has 1 unspecified atom stereocenters. The van der Waals surface area contributed by atoms with E-state index in [1.807, 2.05) is 37.3 Å². The van der Waals surface area contributed by atoms with Crippen molar-refractivity contribution in [3.8, 4) is 0 Å². The third kappa shape index (κ3) is 2.91. The molecule has 0 aliphatic carbocycles. The Morgan fingerprint density at radius 2 is 1.90 bits per heavy atom. The molecule has 0 saturated heterocycles. The number of benzene rings is 1. The first-order valence-corrected chi connectivity index (χ1v) is 7.94. The highest BCUT2D eigenvalue weighted by atomic mass is 32.2. The zero-order valence-corrected chi connectivity index (χ0v) is 12.6. The van der Waals surface area contributed by atoms with Crippen LogP contribution in [-0.4, -0.2) is 13.6 Å². The van der Waals surface area contributed by atoms with Crippen LogP contribution in [-0.2, 0) is 10.0 Å². The molecular weight excluding hydrogens is 276 g/mol. The lowest BCUT2D eigenvalue weighted by Crippen LogP contribution is -2.29. The minimum atomic E-state index is -3.64. The van der Waals surface area contributed by atoms with Crippen LogP contribution in [0.4, 0.5) is 0 Å². The largest absolute Gasteiger partial charge is 0.360 e. The molecule has 0 aliphatic heterocycles. The van der Waals surface area contributed by atoms with E-state index in [0.29, 0.717) is 17.9 Å². The highest BCUT2D eigenvalue weighted by Gasteiger charge is 2.26. The van der Waals surface area contributed by atoms with Crippen LogP contribution in [0.2, 0.25) is 0 Å². The molecule has 2 aromatic rings. The lowest BCUT2D eigenvalue weighted by atomic mass is 10.1. The molecule has 1 atom stereocenters. The fourth-order valence-corrected chi connectivity index (χ4v) is 3.81. The lowest BCUT2D eigenvalue weighted by molar-refractivity contribution is 0.390. The monoisotopic (exact) mass is 294 g/mol. The number of sulfonamides is 1. The second-order valence-electron chi connectivity index (χ2n) is 4.65. The predicted molar refractivity (Wildman–Crippen MR) is 75.8 cm³/mol. The van der Waals surface area contributed by atoms with E-state index in [1.165, 1.54) is 0 Å². The molecule has 0 saturated carbocycles. The third-order valence-electron chi connectivity index (χ3n) is 3.14. The molecule has 2 rings (SSSR count). The standard InChI is InChI=1S/C14H18N2O3S/c1-4-13(12-8-6-5-7-9-12)16-20(17,18)14-10(2)15-19-11(14)3/h5-9,13,16H,4H2,1-3H3. The van der Waals surface area contributed by atoms with Crippen LogP contribution in [0.5, 0.6) is 0 Å². The number of hydrogen-bond acceptors (Lipinski definition) is 4. The summed E-state index contributed by atoms with van der Waals surface area (Å²) in [6.07, 6.45) is 0.659. The van der Waals surface area contributed by atoms with Gasteiger partial charge in [0.25, 0.3) is 0 Å². The van der Waals surface area contributed by atoms with Crippen molar-refractivity contribution in [3.05, 3.63) is 47.3 Å². The molecule has 1 N–H and O–H groups in total. The molecule has 0 bridgehead atoms. The molecule has 0 aliphatic rings. The van der Waals surface area contributed by atoms with E-state index in [1.54, 1.807) is 13.8 Å². The number of hydrogen-bond donors (Lipinski definition) is 1. The molecular formula is C14H18N2O3S. The Bertz CT molecular complexity index is 658. The van der Waals surface area contributed by atoms with E-state index in [0.717, 1.165) is 5.56 Å². The van der Waals surface area contributed by atoms with Crippen molar-refractivity contribution >= 4 is 10.0 Å². The van der Waals surface area contributed by atoms with Crippen LogP contribution in [0.25, 0.3) is 0 Å². The summed E-state index contributed by atoms with van der Waals surface area (Å²) in [5.74, 6) is 0.304. The second kappa shape index (κ2) is 5.76. The van der Waals surface area contributed by atoms with Gasteiger partial charge in [0, 0.05) is 6.04 Å². The average Bonchev–Trinajstić information content (AvgIpc) is 2.77. The van der Waals surface area contributed by atoms with Crippen molar-refractivity contribution in [1.82, 2.24) is 9.88 Å². The van der Waals surface area contributed by atoms with Crippen molar-refractivity contribution < 1.29 is 12.9 Å². The molecule has 1 aromatic heterocycles. The van der Waals surface area contributed by atoms with Crippen molar-refractivity contribution in [2.45, 2.75) is 38.1 Å². The van der Waals surface area contributed by atoms with Crippen LogP contribution in [0, 0.1) is 13.8 Å². The Morgan fingerprint density at radius 1 is 1.25 bits per heavy atom. The average molecular weight is 294 g/mol. The van der Waals surface area contributed by atoms with Crippen LogP contribution in [0.3, 0.4) is 0 Å². The van der Waals surface area contributed by atoms with E-state index in [4.69, 9.17) is 4.52 Å². The molecule has 5 nitrogen and oxygen atoms in total. The van der Waals surface area contributed by atoms with Crippen molar-refractivity contribution in [2.75, 3.05) is 0 Å². The quantitative estimate of drug-likeness (QED) is 0.920. The maximum absolute atomic E-state index is 12.5. The Hall–Kier alpha value is -1.66. The van der Waals surface area contributed by atoms with Gasteiger partial charge in [0.1, 0.15) is 10.6 Å². The highest BCUT2D eigenvalue weighted by molar-refractivity contribution is 7.89. The van der Waals surface area contributed by atoms with Crippen LogP contribution < -0.4 is 4.72 Å². The molecule has 0 fully saturated rings. The Labute approximate surface area is 119 Å². The first-order chi connectivity index (χ1) is 9.45. The van der Waals surface area contributed by atoms with E-state index >= 15 is 0 Å². The Morgan fingerprint density at radius 3 is 2.40 bits per heavy atom. The van der Waals surface area contributed by atoms with Crippen molar-refractivity contribution in [2.24, 2.45) is 0 Å². The molecule has 0 amide bonds. The normalized spacial score (nSPS) is 13.3. The number of nitrogens with zero attached hydrogens (tertiary/aromatic N) is 1. The number of aromatic nitrogens is 1. The topological polar surface area (TPSA) is 72.2 Å². The third-order valence-corrected chi connectivity index (χ3v) is 4.86. The number of rotatable bonds is 5. The fraction of sp³-hybridized carbons (Fsp3) is 0.357. The van der Waals surface area contributed by atoms with E-state index in [9.17, 15) is 8.42 Å². The number of aryl methyl sites for hydroxylation is 2. The molecule has 20 heavy (non-hydrogen) atoms. The smallest absolute Gasteiger partial charge is 0.246 e. The summed E-state index contributed by atoms with van der Waals surface area (Å²) in [5, 5.41) is 3.69. The van der Waals surface area contributed by atoms with Gasteiger partial charge in [0.2, 0.25) is 10.0 Å². The van der Waals surface area contributed by atoms with Gasteiger partial charge in [-0.15, -0.1) is 0 Å². The van der Waals surface area contributed by atoms with E-state index in [2.05, 4.69) is 9.88 Å². The summed E-state index contributed by atoms with van der Waals surface area (Å²) >= 11 is 0. The van der Waals surface area contributed by atoms with Crippen molar-refractivity contribution in [3.63, 3.8) is 0 Å². The maximum Gasteiger partial charge on any atom is 0.246 e. The lowest BCUT2D eigenvalue weighted by Gasteiger charge is -2.17. The van der Waals surface area contributed by atoms with Gasteiger partial charge >= 0.3 is 0 Å². The van der Waals surface area contributed by atoms with Gasteiger partial charge in [-0.2, -0.15) is 0 Å². The zero-order valence-electron chi connectivity index (χ0n) is 11.8. The van der Waals surface area contributed by atoms with Gasteiger partial charge in [-0.25, -0.2) is 13.1 Å². The predicted octanol–water partition coefficient (Wildman–Crippen LogP) is 2.72. The second-order valence-corrected chi connectivity index (χ2v) is 6.30. The van der Waals surface area contributed by atoms with Gasteiger partial charge in [-0.1, -0.05) is 42.4 Å². The SMILES string of the molecule is CCC(NS(=O)(=O)c1c(C)noc1C)c1ccccc1. The summed E-state index contributed by atoms with van der Waals surface area (Å²) in [6, 6.07) is 9.23. The molecule has 1 aromatic carbocycles. The first-order valence-electron chi connectivity index (χ1n) is 6.46. The van der Waals surface area contributed by atoms with Gasteiger partial charge in [0.05, 0.1) is 0 Å². The van der Waals surface area contributed by atoms with Crippen LogP contribution in [0.1, 0.15) is 36.4 Å². The van der Waals surface area contributed by atoms with Crippen molar-refractivity contribution in [1.29, 1.82) is 0 Å². The number of nitrogens with one attached hydrogen (secondary N) is 1. The minimum Gasteiger partial charge on any atom is -0.360 e. The summed E-state index contributed by atoms with van der Waals surface area (Å²) < 4.78 is 32.6. The zero-order chi connectivity index (χ0) is 14.8. The first kappa shape index (κ1) is 14.7. The van der Waals surface area contributed by atoms with Crippen LogP contribution in [0.15, 0.2) is 39.8 Å². The van der Waals surface area contributed by atoms with E-state index < -0.39 is 10.0 Å².